The van der Waals surface area contributed by atoms with Gasteiger partial charge in [0.05, 0.1) is 12.2 Å². The zero-order valence-electron chi connectivity index (χ0n) is 20.2. The van der Waals surface area contributed by atoms with E-state index in [0.717, 1.165) is 16.7 Å². The van der Waals surface area contributed by atoms with Crippen molar-refractivity contribution in [2.75, 3.05) is 0 Å². The third-order valence-electron chi connectivity index (χ3n) is 5.72. The first-order valence-corrected chi connectivity index (χ1v) is 12.5. The van der Waals surface area contributed by atoms with Gasteiger partial charge in [-0.2, -0.15) is 5.10 Å². The summed E-state index contributed by atoms with van der Waals surface area (Å²) in [6.45, 7) is 2.77. The Morgan fingerprint density at radius 3 is 1.81 bits per heavy atom. The maximum Gasteiger partial charge on any atom is 0.257 e. The number of rotatable bonds is 9. The number of carbonyl (C=O) groups is 2. The van der Waals surface area contributed by atoms with E-state index >= 15 is 0 Å². The average Bonchev–Trinajstić information content (AvgIpc) is 3.18. The highest BCUT2D eigenvalue weighted by Crippen LogP contribution is 2.24. The van der Waals surface area contributed by atoms with E-state index in [1.54, 1.807) is 23.7 Å². The quantitative estimate of drug-likeness (QED) is 0.168. The molecule has 0 spiro atoms. The van der Waals surface area contributed by atoms with Gasteiger partial charge in [-0.1, -0.05) is 96.0 Å². The largest absolute Gasteiger partial charge is 0.348 e. The van der Waals surface area contributed by atoms with Crippen LogP contribution >= 0.6 is 23.2 Å². The van der Waals surface area contributed by atoms with Gasteiger partial charge in [0, 0.05) is 23.7 Å². The molecule has 1 aromatic heterocycles. The number of aromatic nitrogens is 2. The monoisotopic (exact) mass is 532 g/mol. The summed E-state index contributed by atoms with van der Waals surface area (Å²) in [5.41, 5.74) is 3.86. The van der Waals surface area contributed by atoms with Gasteiger partial charge >= 0.3 is 0 Å². The zero-order valence-corrected chi connectivity index (χ0v) is 21.8. The van der Waals surface area contributed by atoms with Crippen molar-refractivity contribution in [3.05, 3.63) is 129 Å². The van der Waals surface area contributed by atoms with Gasteiger partial charge in [0.2, 0.25) is 0 Å². The van der Waals surface area contributed by atoms with E-state index < -0.39 is 11.8 Å². The summed E-state index contributed by atoms with van der Waals surface area (Å²) in [5, 5.41) is 11.2. The van der Waals surface area contributed by atoms with Crippen molar-refractivity contribution in [1.82, 2.24) is 20.4 Å². The van der Waals surface area contributed by atoms with E-state index in [0.29, 0.717) is 28.0 Å². The number of halogens is 2. The Hall–Kier alpha value is -3.87. The van der Waals surface area contributed by atoms with E-state index in [2.05, 4.69) is 15.7 Å². The molecule has 188 valence electrons. The molecule has 4 aromatic rings. The second-order valence-electron chi connectivity index (χ2n) is 8.47. The van der Waals surface area contributed by atoms with Gasteiger partial charge in [0.25, 0.3) is 11.8 Å². The fraction of sp³-hybridized carbons (Fsp3) is 0.138. The first kappa shape index (κ1) is 26.2. The number of nitrogens with one attached hydrogen (secondary N) is 2. The molecule has 0 saturated heterocycles. The van der Waals surface area contributed by atoms with Crippen molar-refractivity contribution in [2.45, 2.75) is 26.6 Å². The second kappa shape index (κ2) is 12.4. The van der Waals surface area contributed by atoms with Crippen molar-refractivity contribution < 1.29 is 9.59 Å². The third-order valence-corrected chi connectivity index (χ3v) is 6.38. The summed E-state index contributed by atoms with van der Waals surface area (Å²) in [6.07, 6.45) is 1.50. The number of nitrogens with zero attached hydrogens (tertiary/aromatic N) is 2. The van der Waals surface area contributed by atoms with Gasteiger partial charge in [-0.3, -0.25) is 9.59 Å². The lowest BCUT2D eigenvalue weighted by Crippen LogP contribution is -2.34. The van der Waals surface area contributed by atoms with Crippen LogP contribution in [-0.2, 0) is 29.2 Å². The lowest BCUT2D eigenvalue weighted by atomic mass is 10.1. The van der Waals surface area contributed by atoms with Gasteiger partial charge in [0.15, 0.2) is 0 Å². The third kappa shape index (κ3) is 7.09. The smallest absolute Gasteiger partial charge is 0.257 e. The molecule has 0 unspecified atom stereocenters. The molecule has 6 nitrogen and oxygen atoms in total. The summed E-state index contributed by atoms with van der Waals surface area (Å²) in [7, 11) is 0. The van der Waals surface area contributed by atoms with Crippen molar-refractivity contribution in [2.24, 2.45) is 0 Å². The summed E-state index contributed by atoms with van der Waals surface area (Å²) >= 11 is 12.7. The Balaban J connectivity index is 1.59. The van der Waals surface area contributed by atoms with Crippen LogP contribution in [0.2, 0.25) is 10.2 Å². The molecule has 0 aliphatic carbocycles. The molecule has 0 aliphatic rings. The molecule has 4 rings (SSSR count). The highest BCUT2D eigenvalue weighted by Gasteiger charge is 2.21. The highest BCUT2D eigenvalue weighted by atomic mass is 35.5. The summed E-state index contributed by atoms with van der Waals surface area (Å²) in [6, 6.07) is 26.4. The normalized spacial score (nSPS) is 10.6. The molecule has 0 fully saturated rings. The number of carbonyl (C=O) groups excluding carboxylic acids is 2. The topological polar surface area (TPSA) is 76.0 Å². The standard InChI is InChI=1S/C29H26Cl2N4O2/c1-20-25(27(31)35(34-20)19-23-12-14-24(30)15-13-23)16-26(28(36)32-17-21-8-4-2-5-9-21)29(37)33-18-22-10-6-3-7-11-22/h2-16H,17-19H2,1H3,(H,32,36)(H,33,37). The number of aryl methyl sites for hydroxylation is 1. The SMILES string of the molecule is Cc1nn(Cc2ccc(Cl)cc2)c(Cl)c1C=C(C(=O)NCc1ccccc1)C(=O)NCc1ccccc1. The van der Waals surface area contributed by atoms with Gasteiger partial charge < -0.3 is 10.6 Å². The Bertz CT molecular complexity index is 1340. The van der Waals surface area contributed by atoms with Gasteiger partial charge in [-0.15, -0.1) is 0 Å². The van der Waals surface area contributed by atoms with E-state index in [9.17, 15) is 9.59 Å². The molecule has 0 radical (unpaired) electrons. The van der Waals surface area contributed by atoms with Crippen LogP contribution in [0.1, 0.15) is 27.9 Å². The molecule has 0 atom stereocenters. The molecule has 0 aliphatic heterocycles. The van der Waals surface area contributed by atoms with E-state index in [-0.39, 0.29) is 18.7 Å². The van der Waals surface area contributed by atoms with Crippen LogP contribution < -0.4 is 10.6 Å². The van der Waals surface area contributed by atoms with Crippen LogP contribution in [0.5, 0.6) is 0 Å². The predicted molar refractivity (Wildman–Crippen MR) is 147 cm³/mol. The van der Waals surface area contributed by atoms with Crippen LogP contribution in [0.25, 0.3) is 6.08 Å². The number of hydrogen-bond acceptors (Lipinski definition) is 3. The van der Waals surface area contributed by atoms with E-state index in [1.807, 2.05) is 72.8 Å². The summed E-state index contributed by atoms with van der Waals surface area (Å²) < 4.78 is 1.63. The van der Waals surface area contributed by atoms with Crippen LogP contribution in [0.15, 0.2) is 90.5 Å². The Labute approximate surface area is 225 Å². The van der Waals surface area contributed by atoms with Crippen LogP contribution in [0.3, 0.4) is 0 Å². The van der Waals surface area contributed by atoms with Gasteiger partial charge in [-0.05, 0) is 41.8 Å². The minimum Gasteiger partial charge on any atom is -0.348 e. The van der Waals surface area contributed by atoms with Gasteiger partial charge in [-0.25, -0.2) is 4.68 Å². The molecule has 1 heterocycles. The van der Waals surface area contributed by atoms with E-state index in [4.69, 9.17) is 23.2 Å². The number of benzene rings is 3. The average molecular weight is 533 g/mol. The predicted octanol–water partition coefficient (Wildman–Crippen LogP) is 5.56. The van der Waals surface area contributed by atoms with Gasteiger partial charge in [0.1, 0.15) is 10.7 Å². The molecule has 8 heteroatoms. The number of hydrogen-bond donors (Lipinski definition) is 2. The lowest BCUT2D eigenvalue weighted by molar-refractivity contribution is -0.123. The van der Waals surface area contributed by atoms with Crippen molar-refractivity contribution in [1.29, 1.82) is 0 Å². The van der Waals surface area contributed by atoms with Crippen LogP contribution in [0.4, 0.5) is 0 Å². The van der Waals surface area contributed by atoms with Crippen molar-refractivity contribution in [3.8, 4) is 0 Å². The Morgan fingerprint density at radius 1 is 0.784 bits per heavy atom. The first-order valence-electron chi connectivity index (χ1n) is 11.7. The molecular formula is C29H26Cl2N4O2. The molecule has 2 amide bonds. The first-order chi connectivity index (χ1) is 17.9. The molecule has 2 N–H and O–H groups in total. The minimum atomic E-state index is -0.504. The fourth-order valence-corrected chi connectivity index (χ4v) is 4.14. The molecule has 3 aromatic carbocycles. The highest BCUT2D eigenvalue weighted by molar-refractivity contribution is 6.32. The van der Waals surface area contributed by atoms with Crippen molar-refractivity contribution >= 4 is 41.1 Å². The maximum atomic E-state index is 13.2. The molecule has 0 saturated carbocycles. The maximum absolute atomic E-state index is 13.2. The van der Waals surface area contributed by atoms with Crippen LogP contribution in [-0.4, -0.2) is 21.6 Å². The second-order valence-corrected chi connectivity index (χ2v) is 9.26. The lowest BCUT2D eigenvalue weighted by Gasteiger charge is -2.11. The molecular weight excluding hydrogens is 507 g/mol. The Kier molecular flexibility index (Phi) is 8.77. The zero-order chi connectivity index (χ0) is 26.2. The molecule has 0 bridgehead atoms. The minimum absolute atomic E-state index is 0.0529. The summed E-state index contributed by atoms with van der Waals surface area (Å²) in [5.74, 6) is -1.01. The number of amides is 2. The fourth-order valence-electron chi connectivity index (χ4n) is 3.72. The Morgan fingerprint density at radius 2 is 1.30 bits per heavy atom. The molecule has 37 heavy (non-hydrogen) atoms. The van der Waals surface area contributed by atoms with E-state index in [1.165, 1.54) is 6.08 Å². The van der Waals surface area contributed by atoms with Crippen molar-refractivity contribution in [3.63, 3.8) is 0 Å². The van der Waals surface area contributed by atoms with Crippen LogP contribution in [0, 0.1) is 6.92 Å². The summed E-state index contributed by atoms with van der Waals surface area (Å²) in [4.78, 5) is 26.4.